The Bertz CT molecular complexity index is 1520. The molecule has 0 atom stereocenters. The van der Waals surface area contributed by atoms with Gasteiger partial charge in [0, 0.05) is 35.7 Å². The highest BCUT2D eigenvalue weighted by Gasteiger charge is 2.19. The van der Waals surface area contributed by atoms with Crippen LogP contribution in [0.2, 0.25) is 5.02 Å². The second-order valence-corrected chi connectivity index (χ2v) is 7.39. The predicted octanol–water partition coefficient (Wildman–Crippen LogP) is 2.08. The minimum atomic E-state index is -0.455. The number of nitrogens with zero attached hydrogens (tertiary/aromatic N) is 5. The first-order chi connectivity index (χ1) is 14.4. The van der Waals surface area contributed by atoms with Crippen LogP contribution in [-0.2, 0) is 20.6 Å². The Morgan fingerprint density at radius 2 is 2.03 bits per heavy atom. The number of hydrogen-bond donors (Lipinski definition) is 3. The van der Waals surface area contributed by atoms with Crippen LogP contribution >= 0.6 is 11.6 Å². The van der Waals surface area contributed by atoms with Gasteiger partial charge in [-0.15, -0.1) is 0 Å². The fraction of sp³-hybridized carbons (Fsp3) is 0.158. The van der Waals surface area contributed by atoms with Gasteiger partial charge >= 0.3 is 5.69 Å². The zero-order valence-corrected chi connectivity index (χ0v) is 16.9. The summed E-state index contributed by atoms with van der Waals surface area (Å²) in [5, 5.41) is 4.50. The maximum atomic E-state index is 13.2. The van der Waals surface area contributed by atoms with Crippen LogP contribution in [0, 0.1) is 0 Å². The highest BCUT2D eigenvalue weighted by molar-refractivity contribution is 6.35. The van der Waals surface area contributed by atoms with Crippen molar-refractivity contribution >= 4 is 45.4 Å². The van der Waals surface area contributed by atoms with Gasteiger partial charge in [-0.3, -0.25) is 13.9 Å². The van der Waals surface area contributed by atoms with Gasteiger partial charge in [-0.2, -0.15) is 4.98 Å². The first kappa shape index (κ1) is 18.3. The number of fused-ring (bicyclic) bond motifs is 2. The normalized spacial score (nSPS) is 11.6. The van der Waals surface area contributed by atoms with Crippen LogP contribution in [0.5, 0.6) is 0 Å². The van der Waals surface area contributed by atoms with Gasteiger partial charge in [0.25, 0.3) is 5.56 Å². The summed E-state index contributed by atoms with van der Waals surface area (Å²) in [6, 6.07) is 7.38. The van der Waals surface area contributed by atoms with Crippen molar-refractivity contribution in [2.75, 3.05) is 5.32 Å². The van der Waals surface area contributed by atoms with Gasteiger partial charge < -0.3 is 19.9 Å². The van der Waals surface area contributed by atoms with Crippen molar-refractivity contribution in [1.82, 2.24) is 33.6 Å². The van der Waals surface area contributed by atoms with Gasteiger partial charge in [0.2, 0.25) is 5.95 Å². The van der Waals surface area contributed by atoms with E-state index in [1.54, 1.807) is 30.9 Å². The third-order valence-electron chi connectivity index (χ3n) is 5.10. The summed E-state index contributed by atoms with van der Waals surface area (Å²) in [6.45, 7) is 0.0843. The fourth-order valence-electron chi connectivity index (χ4n) is 3.57. The molecule has 152 valence electrons. The Morgan fingerprint density at radius 3 is 2.77 bits per heavy atom. The van der Waals surface area contributed by atoms with E-state index < -0.39 is 11.2 Å². The summed E-state index contributed by atoms with van der Waals surface area (Å²) < 4.78 is 4.17. The van der Waals surface area contributed by atoms with Gasteiger partial charge in [-0.05, 0) is 18.2 Å². The molecule has 0 saturated heterocycles. The van der Waals surface area contributed by atoms with Crippen LogP contribution in [0.25, 0.3) is 22.1 Å². The molecule has 4 aromatic heterocycles. The summed E-state index contributed by atoms with van der Waals surface area (Å²) in [4.78, 5) is 40.7. The summed E-state index contributed by atoms with van der Waals surface area (Å²) in [5.74, 6) is 1.03. The molecule has 10 nitrogen and oxygen atoms in total. The molecule has 0 saturated carbocycles. The molecule has 0 amide bonds. The van der Waals surface area contributed by atoms with E-state index in [2.05, 4.69) is 25.3 Å². The summed E-state index contributed by atoms with van der Waals surface area (Å²) >= 11 is 6.24. The van der Waals surface area contributed by atoms with Crippen molar-refractivity contribution in [2.24, 2.45) is 14.1 Å². The van der Waals surface area contributed by atoms with Crippen LogP contribution < -0.4 is 16.6 Å². The molecule has 0 radical (unpaired) electrons. The Hall–Kier alpha value is -3.79. The monoisotopic (exact) mass is 424 g/mol. The lowest BCUT2D eigenvalue weighted by Crippen LogP contribution is -2.39. The van der Waals surface area contributed by atoms with Gasteiger partial charge in [0.15, 0.2) is 11.2 Å². The maximum Gasteiger partial charge on any atom is 0.332 e. The summed E-state index contributed by atoms with van der Waals surface area (Å²) in [6.07, 6.45) is 3.12. The Balaban J connectivity index is 1.65. The van der Waals surface area contributed by atoms with Crippen LogP contribution in [0.1, 0.15) is 5.69 Å². The minimum Gasteiger partial charge on any atom is -0.357 e. The van der Waals surface area contributed by atoms with E-state index in [0.29, 0.717) is 33.6 Å². The summed E-state index contributed by atoms with van der Waals surface area (Å²) in [5.41, 5.74) is 1.28. The third kappa shape index (κ3) is 2.72. The Morgan fingerprint density at radius 1 is 1.20 bits per heavy atom. The molecule has 30 heavy (non-hydrogen) atoms. The number of rotatable bonds is 4. The van der Waals surface area contributed by atoms with Crippen LogP contribution in [0.3, 0.4) is 0 Å². The van der Waals surface area contributed by atoms with E-state index in [4.69, 9.17) is 11.6 Å². The second-order valence-electron chi connectivity index (χ2n) is 6.99. The Kier molecular flexibility index (Phi) is 4.03. The quantitative estimate of drug-likeness (QED) is 0.408. The van der Waals surface area contributed by atoms with E-state index in [9.17, 15) is 9.59 Å². The van der Waals surface area contributed by atoms with E-state index in [1.807, 2.05) is 18.2 Å². The van der Waals surface area contributed by atoms with Crippen LogP contribution in [0.15, 0.2) is 46.4 Å². The van der Waals surface area contributed by atoms with Gasteiger partial charge in [-0.1, -0.05) is 17.7 Å². The number of imidazole rings is 2. The highest BCUT2D eigenvalue weighted by atomic mass is 35.5. The van der Waals surface area contributed by atoms with Crippen molar-refractivity contribution in [3.8, 4) is 0 Å². The number of aromatic amines is 2. The van der Waals surface area contributed by atoms with Crippen molar-refractivity contribution < 1.29 is 0 Å². The van der Waals surface area contributed by atoms with Crippen LogP contribution in [0.4, 0.5) is 11.8 Å². The zero-order valence-electron chi connectivity index (χ0n) is 16.1. The molecular weight excluding hydrogens is 408 g/mol. The van der Waals surface area contributed by atoms with Crippen molar-refractivity contribution in [2.45, 2.75) is 6.54 Å². The standard InChI is InChI=1S/C19H17ClN8O2/c1-26-15-16(25-18(26)24-14-7-21-9-22-14)27(2)19(30)28(17(15)29)8-10-6-11-12(20)4-3-5-13(11)23-10/h3-7,9,23H,8H2,1-2H3,(H,21,22)(H,24,25). The molecule has 0 fully saturated rings. The SMILES string of the molecule is Cn1c(Nc2cnc[nH]2)nc2c1c(=O)n(Cc1cc3c(Cl)cccc3[nH]1)c(=O)n2C. The maximum absolute atomic E-state index is 13.2. The smallest absolute Gasteiger partial charge is 0.332 e. The van der Waals surface area contributed by atoms with Crippen molar-refractivity contribution in [1.29, 1.82) is 0 Å². The fourth-order valence-corrected chi connectivity index (χ4v) is 3.80. The molecule has 0 aliphatic heterocycles. The largest absolute Gasteiger partial charge is 0.357 e. The van der Waals surface area contributed by atoms with Crippen molar-refractivity contribution in [3.05, 3.63) is 68.3 Å². The Labute approximate surface area is 173 Å². The molecule has 5 aromatic rings. The van der Waals surface area contributed by atoms with Gasteiger partial charge in [0.05, 0.1) is 19.1 Å². The van der Waals surface area contributed by atoms with E-state index >= 15 is 0 Å². The van der Waals surface area contributed by atoms with Gasteiger partial charge in [-0.25, -0.2) is 9.78 Å². The first-order valence-electron chi connectivity index (χ1n) is 9.12. The van der Waals surface area contributed by atoms with E-state index in [0.717, 1.165) is 10.9 Å². The van der Waals surface area contributed by atoms with Crippen LogP contribution in [-0.4, -0.2) is 33.6 Å². The molecule has 5 rings (SSSR count). The summed E-state index contributed by atoms with van der Waals surface area (Å²) in [7, 11) is 3.31. The topological polar surface area (TPSA) is 118 Å². The number of nitrogens with one attached hydrogen (secondary N) is 3. The van der Waals surface area contributed by atoms with Gasteiger partial charge in [0.1, 0.15) is 5.82 Å². The lowest BCUT2D eigenvalue weighted by molar-refractivity contribution is 0.648. The molecule has 3 N–H and O–H groups in total. The molecule has 11 heteroatoms. The second kappa shape index (κ2) is 6.63. The lowest BCUT2D eigenvalue weighted by atomic mass is 10.2. The molecule has 0 unspecified atom stereocenters. The lowest BCUT2D eigenvalue weighted by Gasteiger charge is -2.07. The number of aryl methyl sites for hydroxylation is 2. The average molecular weight is 425 g/mol. The molecule has 0 aliphatic rings. The first-order valence-corrected chi connectivity index (χ1v) is 9.49. The van der Waals surface area contributed by atoms with E-state index in [-0.39, 0.29) is 6.54 Å². The molecule has 0 aliphatic carbocycles. The molecule has 0 bridgehead atoms. The number of H-pyrrole nitrogens is 2. The number of anilines is 2. The number of aromatic nitrogens is 7. The molecular formula is C19H17ClN8O2. The third-order valence-corrected chi connectivity index (χ3v) is 5.43. The average Bonchev–Trinajstić information content (AvgIpc) is 3.44. The molecule has 4 heterocycles. The highest BCUT2D eigenvalue weighted by Crippen LogP contribution is 2.24. The number of hydrogen-bond acceptors (Lipinski definition) is 5. The zero-order chi connectivity index (χ0) is 21.0. The number of halogens is 1. The molecule has 0 spiro atoms. The predicted molar refractivity (Wildman–Crippen MR) is 114 cm³/mol. The molecule has 1 aromatic carbocycles. The minimum absolute atomic E-state index is 0.0843. The van der Waals surface area contributed by atoms with Crippen molar-refractivity contribution in [3.63, 3.8) is 0 Å². The number of benzene rings is 1. The van der Waals surface area contributed by atoms with E-state index in [1.165, 1.54) is 15.5 Å².